The van der Waals surface area contributed by atoms with Crippen LogP contribution in [0.15, 0.2) is 0 Å². The van der Waals surface area contributed by atoms with Crippen molar-refractivity contribution in [2.75, 3.05) is 19.6 Å². The average Bonchev–Trinajstić information content (AvgIpc) is 2.20. The zero-order valence-corrected chi connectivity index (χ0v) is 10.1. The lowest BCUT2D eigenvalue weighted by Gasteiger charge is -2.37. The predicted octanol–water partition coefficient (Wildman–Crippen LogP) is 1.38. The molecule has 0 heterocycles. The van der Waals surface area contributed by atoms with Crippen LogP contribution in [0.25, 0.3) is 0 Å². The Morgan fingerprint density at radius 3 is 2.27 bits per heavy atom. The van der Waals surface area contributed by atoms with Gasteiger partial charge in [0.05, 0.1) is 11.7 Å². The summed E-state index contributed by atoms with van der Waals surface area (Å²) in [6.45, 7) is 6.92. The van der Waals surface area contributed by atoms with Crippen LogP contribution in [0.4, 0.5) is 0 Å². The van der Waals surface area contributed by atoms with Crippen LogP contribution in [0.2, 0.25) is 0 Å². The van der Waals surface area contributed by atoms with Crippen LogP contribution >= 0.6 is 0 Å². The van der Waals surface area contributed by atoms with Gasteiger partial charge in [-0.05, 0) is 45.2 Å². The van der Waals surface area contributed by atoms with E-state index < -0.39 is 5.60 Å². The Balaban J connectivity index is 2.14. The molecule has 0 aliphatic heterocycles. The summed E-state index contributed by atoms with van der Waals surface area (Å²) in [5, 5.41) is 19.7. The van der Waals surface area contributed by atoms with Crippen molar-refractivity contribution in [3.63, 3.8) is 0 Å². The molecule has 0 spiro atoms. The zero-order chi connectivity index (χ0) is 11.3. The lowest BCUT2D eigenvalue weighted by molar-refractivity contribution is -0.0509. The number of nitrogens with zero attached hydrogens (tertiary/aromatic N) is 1. The van der Waals surface area contributed by atoms with Gasteiger partial charge in [-0.15, -0.1) is 0 Å². The first-order chi connectivity index (χ1) is 7.09. The summed E-state index contributed by atoms with van der Waals surface area (Å²) in [4.78, 5) is 2.22. The van der Waals surface area contributed by atoms with Crippen LogP contribution in [0, 0.1) is 0 Å². The maximum absolute atomic E-state index is 9.88. The molecule has 1 aliphatic rings. The molecular weight excluding hydrogens is 190 g/mol. The number of hydrogen-bond acceptors (Lipinski definition) is 3. The van der Waals surface area contributed by atoms with Crippen molar-refractivity contribution >= 4 is 0 Å². The molecule has 0 aromatic heterocycles. The second-order valence-electron chi connectivity index (χ2n) is 4.76. The van der Waals surface area contributed by atoms with Crippen LogP contribution in [-0.2, 0) is 0 Å². The third kappa shape index (κ3) is 4.09. The Morgan fingerprint density at radius 2 is 1.87 bits per heavy atom. The molecule has 0 aromatic rings. The largest absolute Gasteiger partial charge is 0.392 e. The summed E-state index contributed by atoms with van der Waals surface area (Å²) in [5.41, 5.74) is -0.440. The topological polar surface area (TPSA) is 43.7 Å². The Bertz CT molecular complexity index is 176. The molecule has 15 heavy (non-hydrogen) atoms. The molecule has 0 aromatic carbocycles. The lowest BCUT2D eigenvalue weighted by atomic mass is 9.76. The van der Waals surface area contributed by atoms with Gasteiger partial charge in [0.2, 0.25) is 0 Å². The first kappa shape index (κ1) is 12.9. The van der Waals surface area contributed by atoms with Gasteiger partial charge in [0, 0.05) is 6.54 Å². The van der Waals surface area contributed by atoms with Crippen LogP contribution in [0.5, 0.6) is 0 Å². The van der Waals surface area contributed by atoms with E-state index in [1.54, 1.807) is 0 Å². The molecule has 1 atom stereocenters. The summed E-state index contributed by atoms with van der Waals surface area (Å²) in [5.74, 6) is 0. The Kier molecular flexibility index (Phi) is 5.03. The van der Waals surface area contributed by atoms with Gasteiger partial charge in [-0.1, -0.05) is 13.8 Å². The highest BCUT2D eigenvalue weighted by Crippen LogP contribution is 2.35. The summed E-state index contributed by atoms with van der Waals surface area (Å²) in [6.07, 6.45) is 4.19. The molecule has 3 nitrogen and oxygen atoms in total. The van der Waals surface area contributed by atoms with Gasteiger partial charge < -0.3 is 15.1 Å². The van der Waals surface area contributed by atoms with Gasteiger partial charge in [-0.3, -0.25) is 0 Å². The normalized spacial score (nSPS) is 21.4. The van der Waals surface area contributed by atoms with Crippen LogP contribution in [0.3, 0.4) is 0 Å². The summed E-state index contributed by atoms with van der Waals surface area (Å²) in [7, 11) is 0. The predicted molar refractivity (Wildman–Crippen MR) is 61.8 cm³/mol. The van der Waals surface area contributed by atoms with Crippen molar-refractivity contribution in [3.05, 3.63) is 0 Å². The van der Waals surface area contributed by atoms with Gasteiger partial charge in [0.15, 0.2) is 0 Å². The van der Waals surface area contributed by atoms with Crippen molar-refractivity contribution in [1.82, 2.24) is 4.90 Å². The molecule has 1 saturated carbocycles. The Labute approximate surface area is 93.1 Å². The fourth-order valence-corrected chi connectivity index (χ4v) is 2.14. The first-order valence-corrected chi connectivity index (χ1v) is 6.22. The number of aliphatic hydroxyl groups excluding tert-OH is 1. The molecule has 0 amide bonds. The highest BCUT2D eigenvalue weighted by atomic mass is 16.3. The van der Waals surface area contributed by atoms with Gasteiger partial charge >= 0.3 is 0 Å². The number of hydrogen-bond donors (Lipinski definition) is 2. The quantitative estimate of drug-likeness (QED) is 0.674. The minimum Gasteiger partial charge on any atom is -0.392 e. The zero-order valence-electron chi connectivity index (χ0n) is 10.1. The highest BCUT2D eigenvalue weighted by molar-refractivity contribution is 4.88. The smallest absolute Gasteiger partial charge is 0.0668 e. The molecule has 1 unspecified atom stereocenters. The van der Waals surface area contributed by atoms with Crippen molar-refractivity contribution in [1.29, 1.82) is 0 Å². The first-order valence-electron chi connectivity index (χ1n) is 6.22. The molecule has 1 fully saturated rings. The second-order valence-corrected chi connectivity index (χ2v) is 4.76. The van der Waals surface area contributed by atoms with Crippen molar-refractivity contribution in [2.24, 2.45) is 0 Å². The molecule has 90 valence electrons. The van der Waals surface area contributed by atoms with Crippen molar-refractivity contribution in [2.45, 2.75) is 57.7 Å². The molecule has 0 bridgehead atoms. The molecule has 0 saturated heterocycles. The molecular formula is C12H25NO2. The molecule has 3 heteroatoms. The van der Waals surface area contributed by atoms with E-state index in [1.807, 2.05) is 0 Å². The van der Waals surface area contributed by atoms with Crippen molar-refractivity contribution < 1.29 is 10.2 Å². The fourth-order valence-electron chi connectivity index (χ4n) is 2.14. The van der Waals surface area contributed by atoms with E-state index in [9.17, 15) is 10.2 Å². The summed E-state index contributed by atoms with van der Waals surface area (Å²) in [6, 6.07) is 0. The maximum Gasteiger partial charge on any atom is 0.0668 e. The van der Waals surface area contributed by atoms with Crippen LogP contribution in [0.1, 0.15) is 46.0 Å². The van der Waals surface area contributed by atoms with Gasteiger partial charge in [-0.25, -0.2) is 0 Å². The maximum atomic E-state index is 9.88. The van der Waals surface area contributed by atoms with E-state index in [4.69, 9.17) is 0 Å². The Hall–Kier alpha value is -0.120. The summed E-state index contributed by atoms with van der Waals surface area (Å²) >= 11 is 0. The highest BCUT2D eigenvalue weighted by Gasteiger charge is 2.34. The van der Waals surface area contributed by atoms with Gasteiger partial charge in [0.25, 0.3) is 0 Å². The van der Waals surface area contributed by atoms with E-state index in [0.29, 0.717) is 0 Å². The number of likely N-dealkylation sites (N-methyl/N-ethyl adjacent to an activating group) is 1. The van der Waals surface area contributed by atoms with E-state index in [-0.39, 0.29) is 6.10 Å². The van der Waals surface area contributed by atoms with E-state index in [0.717, 1.165) is 51.7 Å². The standard InChI is InChI=1S/C12H25NO2/c1-3-13(4-2)10-11(14)6-9-12(15)7-5-8-12/h11,14-15H,3-10H2,1-2H3. The molecule has 0 radical (unpaired) electrons. The molecule has 2 N–H and O–H groups in total. The van der Waals surface area contributed by atoms with E-state index in [1.165, 1.54) is 0 Å². The SMILES string of the molecule is CCN(CC)CC(O)CCC1(O)CCC1. The third-order valence-corrected chi connectivity index (χ3v) is 3.59. The Morgan fingerprint density at radius 1 is 1.27 bits per heavy atom. The average molecular weight is 215 g/mol. The molecule has 1 rings (SSSR count). The number of aliphatic hydroxyl groups is 2. The second kappa shape index (κ2) is 5.83. The van der Waals surface area contributed by atoms with E-state index >= 15 is 0 Å². The lowest BCUT2D eigenvalue weighted by Crippen LogP contribution is -2.39. The molecule has 1 aliphatic carbocycles. The fraction of sp³-hybridized carbons (Fsp3) is 1.00. The van der Waals surface area contributed by atoms with Crippen LogP contribution in [-0.4, -0.2) is 46.5 Å². The van der Waals surface area contributed by atoms with E-state index in [2.05, 4.69) is 18.7 Å². The van der Waals surface area contributed by atoms with Crippen LogP contribution < -0.4 is 0 Å². The van der Waals surface area contributed by atoms with Crippen molar-refractivity contribution in [3.8, 4) is 0 Å². The minimum absolute atomic E-state index is 0.283. The van der Waals surface area contributed by atoms with Gasteiger partial charge in [-0.2, -0.15) is 0 Å². The minimum atomic E-state index is -0.440. The monoisotopic (exact) mass is 215 g/mol. The summed E-state index contributed by atoms with van der Waals surface area (Å²) < 4.78 is 0. The number of rotatable bonds is 7. The third-order valence-electron chi connectivity index (χ3n) is 3.59. The van der Waals surface area contributed by atoms with Gasteiger partial charge in [0.1, 0.15) is 0 Å².